The molecule has 0 aromatic rings. The maximum atomic E-state index is 12.2. The molecular weight excluding hydrogens is 260 g/mol. The molecule has 2 fully saturated rings. The van der Waals surface area contributed by atoms with Gasteiger partial charge in [-0.15, -0.1) is 0 Å². The van der Waals surface area contributed by atoms with E-state index in [2.05, 4.69) is 19.2 Å². The van der Waals surface area contributed by atoms with E-state index in [-0.39, 0.29) is 23.1 Å². The van der Waals surface area contributed by atoms with E-state index in [4.69, 9.17) is 9.84 Å². The lowest BCUT2D eigenvalue weighted by Gasteiger charge is -2.59. The van der Waals surface area contributed by atoms with Gasteiger partial charge in [-0.25, -0.2) is 4.79 Å². The molecule has 0 spiro atoms. The second-order valence-electron chi connectivity index (χ2n) is 6.63. The van der Waals surface area contributed by atoms with Gasteiger partial charge in [-0.05, 0) is 19.8 Å². The third-order valence-electron chi connectivity index (χ3n) is 5.40. The molecule has 1 aliphatic carbocycles. The molecule has 3 unspecified atom stereocenters. The highest BCUT2D eigenvalue weighted by atomic mass is 16.5. The van der Waals surface area contributed by atoms with Crippen LogP contribution in [0.3, 0.4) is 0 Å². The lowest BCUT2D eigenvalue weighted by atomic mass is 9.56. The largest absolute Gasteiger partial charge is 0.481 e. The van der Waals surface area contributed by atoms with E-state index >= 15 is 0 Å². The Balaban J connectivity index is 1.90. The minimum Gasteiger partial charge on any atom is -0.481 e. The first-order valence-corrected chi connectivity index (χ1v) is 7.04. The Labute approximate surface area is 119 Å². The number of carboxylic acid groups (broad SMARTS) is 1. The number of carbonyl (C=O) groups excluding carboxylic acids is 1. The van der Waals surface area contributed by atoms with Crippen molar-refractivity contribution < 1.29 is 19.4 Å². The van der Waals surface area contributed by atoms with Crippen LogP contribution in [0, 0.1) is 11.3 Å². The van der Waals surface area contributed by atoms with Crippen LogP contribution in [0.2, 0.25) is 0 Å². The van der Waals surface area contributed by atoms with Crippen LogP contribution in [0.1, 0.15) is 33.6 Å². The van der Waals surface area contributed by atoms with Gasteiger partial charge in [0.25, 0.3) is 0 Å². The minimum absolute atomic E-state index is 0.0591. The van der Waals surface area contributed by atoms with Crippen molar-refractivity contribution in [1.82, 2.24) is 10.2 Å². The molecule has 6 nitrogen and oxygen atoms in total. The fourth-order valence-electron chi connectivity index (χ4n) is 3.11. The van der Waals surface area contributed by atoms with E-state index in [0.717, 1.165) is 6.42 Å². The molecule has 1 saturated carbocycles. The Bertz CT molecular complexity index is 423. The van der Waals surface area contributed by atoms with E-state index in [9.17, 15) is 9.59 Å². The molecule has 0 bridgehead atoms. The molecule has 0 aromatic heterocycles. The number of ether oxygens (including phenoxy) is 1. The number of carboxylic acids is 1. The number of aliphatic carboxylic acids is 1. The van der Waals surface area contributed by atoms with Crippen molar-refractivity contribution in [3.8, 4) is 0 Å². The number of nitrogens with zero attached hydrogens (tertiary/aromatic N) is 1. The molecule has 1 saturated heterocycles. The Morgan fingerprint density at radius 1 is 1.35 bits per heavy atom. The molecule has 3 atom stereocenters. The molecular formula is C14H24N2O4. The van der Waals surface area contributed by atoms with Crippen molar-refractivity contribution in [1.29, 1.82) is 0 Å². The summed E-state index contributed by atoms with van der Waals surface area (Å²) in [7, 11) is 1.69. The predicted octanol–water partition coefficient (Wildman–Crippen LogP) is 1.31. The zero-order valence-corrected chi connectivity index (χ0v) is 12.6. The topological polar surface area (TPSA) is 78.9 Å². The molecule has 20 heavy (non-hydrogen) atoms. The average molecular weight is 284 g/mol. The van der Waals surface area contributed by atoms with Gasteiger partial charge >= 0.3 is 12.0 Å². The van der Waals surface area contributed by atoms with Gasteiger partial charge in [0.15, 0.2) is 0 Å². The number of rotatable bonds is 3. The van der Waals surface area contributed by atoms with Gasteiger partial charge < -0.3 is 20.1 Å². The Morgan fingerprint density at radius 3 is 2.45 bits per heavy atom. The van der Waals surface area contributed by atoms with Crippen LogP contribution in [0.25, 0.3) is 0 Å². The number of hydrogen-bond donors (Lipinski definition) is 2. The van der Waals surface area contributed by atoms with Crippen molar-refractivity contribution in [3.05, 3.63) is 0 Å². The number of likely N-dealkylation sites (tertiary alicyclic amines) is 1. The molecule has 6 heteroatoms. The zero-order chi connectivity index (χ0) is 15.1. The fourth-order valence-corrected chi connectivity index (χ4v) is 3.11. The highest BCUT2D eigenvalue weighted by Gasteiger charge is 2.58. The third kappa shape index (κ3) is 2.26. The van der Waals surface area contributed by atoms with Crippen LogP contribution in [0.5, 0.6) is 0 Å². The van der Waals surface area contributed by atoms with E-state index in [1.165, 1.54) is 0 Å². The summed E-state index contributed by atoms with van der Waals surface area (Å²) < 4.78 is 5.53. The van der Waals surface area contributed by atoms with Crippen LogP contribution in [0.4, 0.5) is 4.79 Å². The van der Waals surface area contributed by atoms with Crippen molar-refractivity contribution in [2.75, 3.05) is 20.2 Å². The average Bonchev–Trinajstić information content (AvgIpc) is 2.87. The molecule has 114 valence electrons. The number of nitrogens with one attached hydrogen (secondary N) is 1. The third-order valence-corrected chi connectivity index (χ3v) is 5.40. The molecule has 2 amide bonds. The fraction of sp³-hybridized carbons (Fsp3) is 0.857. The van der Waals surface area contributed by atoms with E-state index in [0.29, 0.717) is 19.5 Å². The smallest absolute Gasteiger partial charge is 0.317 e. The zero-order valence-electron chi connectivity index (χ0n) is 12.6. The standard InChI is InChI=1S/C14H24N2O4/c1-13(2)10(7-14(13,3)20-4)15-12(19)16-6-5-9(8-16)11(17)18/h9-10H,5-8H2,1-4H3,(H,15,19)(H,17,18). The van der Waals surface area contributed by atoms with Crippen LogP contribution in [-0.4, -0.2) is 53.8 Å². The van der Waals surface area contributed by atoms with Crippen molar-refractivity contribution >= 4 is 12.0 Å². The second kappa shape index (κ2) is 4.91. The SMILES string of the molecule is COC1(C)CC(NC(=O)N2CCC(C(=O)O)C2)C1(C)C. The molecule has 0 radical (unpaired) electrons. The summed E-state index contributed by atoms with van der Waals surface area (Å²) in [4.78, 5) is 24.7. The number of methoxy groups -OCH3 is 1. The van der Waals surface area contributed by atoms with Crippen LogP contribution in [0.15, 0.2) is 0 Å². The Hall–Kier alpha value is -1.30. The summed E-state index contributed by atoms with van der Waals surface area (Å²) in [6.07, 6.45) is 1.31. The lowest BCUT2D eigenvalue weighted by Crippen LogP contribution is -2.69. The number of urea groups is 1. The van der Waals surface area contributed by atoms with Gasteiger partial charge in [0.05, 0.1) is 11.5 Å². The van der Waals surface area contributed by atoms with Crippen LogP contribution >= 0.6 is 0 Å². The first-order valence-electron chi connectivity index (χ1n) is 7.04. The Morgan fingerprint density at radius 2 is 2.00 bits per heavy atom. The quantitative estimate of drug-likeness (QED) is 0.819. The maximum absolute atomic E-state index is 12.2. The predicted molar refractivity (Wildman–Crippen MR) is 73.4 cm³/mol. The van der Waals surface area contributed by atoms with E-state index < -0.39 is 11.9 Å². The normalized spacial score (nSPS) is 35.5. The summed E-state index contributed by atoms with van der Waals surface area (Å²) in [6.45, 7) is 7.02. The summed E-state index contributed by atoms with van der Waals surface area (Å²) in [5, 5.41) is 12.0. The first-order chi connectivity index (χ1) is 9.21. The van der Waals surface area contributed by atoms with Gasteiger partial charge in [-0.2, -0.15) is 0 Å². The van der Waals surface area contributed by atoms with Gasteiger partial charge in [-0.3, -0.25) is 4.79 Å². The first kappa shape index (κ1) is 15.1. The number of carbonyl (C=O) groups is 2. The molecule has 2 aliphatic rings. The molecule has 2 rings (SSSR count). The molecule has 0 aromatic carbocycles. The summed E-state index contributed by atoms with van der Waals surface area (Å²) in [6, 6.07) is -0.103. The van der Waals surface area contributed by atoms with Gasteiger partial charge in [0, 0.05) is 31.7 Å². The molecule has 2 N–H and O–H groups in total. The highest BCUT2D eigenvalue weighted by Crippen LogP contribution is 2.51. The minimum atomic E-state index is -0.823. The number of amides is 2. The van der Waals surface area contributed by atoms with E-state index in [1.807, 2.05) is 6.92 Å². The van der Waals surface area contributed by atoms with Crippen molar-refractivity contribution in [2.45, 2.75) is 45.3 Å². The van der Waals surface area contributed by atoms with Crippen molar-refractivity contribution in [2.24, 2.45) is 11.3 Å². The maximum Gasteiger partial charge on any atom is 0.317 e. The van der Waals surface area contributed by atoms with Crippen molar-refractivity contribution in [3.63, 3.8) is 0 Å². The highest BCUT2D eigenvalue weighted by molar-refractivity contribution is 5.77. The van der Waals surface area contributed by atoms with E-state index in [1.54, 1.807) is 12.0 Å². The van der Waals surface area contributed by atoms with Gasteiger partial charge in [0.2, 0.25) is 0 Å². The number of hydrogen-bond acceptors (Lipinski definition) is 3. The monoisotopic (exact) mass is 284 g/mol. The lowest BCUT2D eigenvalue weighted by molar-refractivity contribution is -0.177. The summed E-state index contributed by atoms with van der Waals surface area (Å²) in [5.41, 5.74) is -0.358. The summed E-state index contributed by atoms with van der Waals surface area (Å²) in [5.74, 6) is -1.25. The Kier molecular flexibility index (Phi) is 3.71. The van der Waals surface area contributed by atoms with Gasteiger partial charge in [0.1, 0.15) is 0 Å². The molecule has 1 heterocycles. The summed E-state index contributed by atoms with van der Waals surface area (Å²) >= 11 is 0. The van der Waals surface area contributed by atoms with Crippen LogP contribution in [-0.2, 0) is 9.53 Å². The molecule has 1 aliphatic heterocycles. The van der Waals surface area contributed by atoms with Gasteiger partial charge in [-0.1, -0.05) is 13.8 Å². The van der Waals surface area contributed by atoms with Crippen LogP contribution < -0.4 is 5.32 Å². The second-order valence-corrected chi connectivity index (χ2v) is 6.63.